The molecule has 0 aromatic heterocycles. The molecule has 0 bridgehead atoms. The van der Waals surface area contributed by atoms with Gasteiger partial charge in [0.15, 0.2) is 0 Å². The van der Waals surface area contributed by atoms with Crippen molar-refractivity contribution in [2.75, 3.05) is 0 Å². The third-order valence-corrected chi connectivity index (χ3v) is 3.54. The van der Waals surface area contributed by atoms with Gasteiger partial charge in [0.1, 0.15) is 0 Å². The molecule has 0 amide bonds. The lowest BCUT2D eigenvalue weighted by atomic mass is 10.1. The van der Waals surface area contributed by atoms with E-state index in [1.807, 2.05) is 0 Å². The van der Waals surface area contributed by atoms with E-state index in [-0.39, 0.29) is 0 Å². The van der Waals surface area contributed by atoms with Crippen LogP contribution in [0.4, 0.5) is 35.1 Å². The van der Waals surface area contributed by atoms with Gasteiger partial charge in [0.2, 0.25) is 0 Å². The van der Waals surface area contributed by atoms with E-state index in [1.165, 1.54) is 0 Å². The molecule has 0 aliphatic heterocycles. The van der Waals surface area contributed by atoms with Crippen LogP contribution >= 0.6 is 46.4 Å². The summed E-state index contributed by atoms with van der Waals surface area (Å²) in [5, 5.41) is -22.2. The molecular formula is C5Cl4F8. The molecule has 0 aromatic rings. The lowest BCUT2D eigenvalue weighted by molar-refractivity contribution is -0.244. The Kier molecular flexibility index (Phi) is 4.47. The van der Waals surface area contributed by atoms with Gasteiger partial charge >= 0.3 is 21.8 Å². The second kappa shape index (κ2) is 4.31. The maximum absolute atomic E-state index is 13.1. The highest BCUT2D eigenvalue weighted by Crippen LogP contribution is 2.61. The SMILES string of the molecule is FC(F)(F)C(F)(Cl)C(F)(Cl)C(F)(Cl)C(F)(F)Cl. The summed E-state index contributed by atoms with van der Waals surface area (Å²) < 4.78 is 99.1. The summed E-state index contributed by atoms with van der Waals surface area (Å²) in [5.41, 5.74) is 0. The fourth-order valence-electron chi connectivity index (χ4n) is 0.553. The molecule has 0 aliphatic carbocycles. The smallest absolute Gasteiger partial charge is 0.215 e. The van der Waals surface area contributed by atoms with Crippen molar-refractivity contribution in [2.24, 2.45) is 0 Å². The van der Waals surface area contributed by atoms with E-state index in [2.05, 4.69) is 46.4 Å². The topological polar surface area (TPSA) is 0 Å². The summed E-state index contributed by atoms with van der Waals surface area (Å²) in [7, 11) is 0. The van der Waals surface area contributed by atoms with Crippen molar-refractivity contribution in [3.63, 3.8) is 0 Å². The van der Waals surface area contributed by atoms with Gasteiger partial charge < -0.3 is 0 Å². The molecule has 3 atom stereocenters. The van der Waals surface area contributed by atoms with E-state index >= 15 is 0 Å². The molecule has 0 nitrogen and oxygen atoms in total. The Labute approximate surface area is 109 Å². The van der Waals surface area contributed by atoms with Gasteiger partial charge in [0.05, 0.1) is 0 Å². The average Bonchev–Trinajstić information content (AvgIpc) is 1.98. The molecular weight excluding hydrogens is 354 g/mol. The molecule has 0 aromatic carbocycles. The van der Waals surface area contributed by atoms with E-state index in [1.54, 1.807) is 0 Å². The maximum Gasteiger partial charge on any atom is 0.441 e. The Morgan fingerprint density at radius 3 is 0.941 bits per heavy atom. The second-order valence-electron chi connectivity index (χ2n) is 2.72. The monoisotopic (exact) mass is 352 g/mol. The summed E-state index contributed by atoms with van der Waals surface area (Å²) >= 11 is 16.1. The predicted octanol–water partition coefficient (Wildman–Crippen LogP) is 5.09. The third-order valence-electron chi connectivity index (χ3n) is 1.50. The molecule has 0 saturated heterocycles. The first kappa shape index (κ1) is 17.6. The standard InChI is InChI=1S/C5Cl4F8/c6-1(10,2(7,11)4(9,13)14)3(8,12)5(15,16)17. The van der Waals surface area contributed by atoms with Gasteiger partial charge in [-0.15, -0.1) is 0 Å². The first-order valence-corrected chi connectivity index (χ1v) is 4.78. The minimum atomic E-state index is -6.32. The van der Waals surface area contributed by atoms with Crippen molar-refractivity contribution in [2.45, 2.75) is 26.9 Å². The van der Waals surface area contributed by atoms with Crippen molar-refractivity contribution >= 4 is 46.4 Å². The molecule has 0 spiro atoms. The van der Waals surface area contributed by atoms with Crippen LogP contribution < -0.4 is 0 Å². The highest BCUT2D eigenvalue weighted by Gasteiger charge is 2.82. The van der Waals surface area contributed by atoms with Crippen LogP contribution in [-0.4, -0.2) is 26.9 Å². The van der Waals surface area contributed by atoms with Crippen molar-refractivity contribution in [1.29, 1.82) is 0 Å². The summed E-state index contributed by atoms with van der Waals surface area (Å²) in [6.45, 7) is 0. The van der Waals surface area contributed by atoms with Crippen LogP contribution in [0.1, 0.15) is 0 Å². The molecule has 12 heteroatoms. The van der Waals surface area contributed by atoms with Crippen molar-refractivity contribution < 1.29 is 35.1 Å². The van der Waals surface area contributed by atoms with Crippen molar-refractivity contribution in [3.8, 4) is 0 Å². The molecule has 3 unspecified atom stereocenters. The molecule has 0 aliphatic rings. The second-order valence-corrected chi connectivity index (χ2v) is 4.76. The number of hydrogen-bond donors (Lipinski definition) is 0. The quantitative estimate of drug-likeness (QED) is 0.489. The summed E-state index contributed by atoms with van der Waals surface area (Å²) in [6.07, 6.45) is -6.32. The van der Waals surface area contributed by atoms with Crippen LogP contribution in [0.2, 0.25) is 0 Å². The zero-order chi connectivity index (χ0) is 14.5. The van der Waals surface area contributed by atoms with Crippen LogP contribution in [-0.2, 0) is 0 Å². The number of rotatable bonds is 3. The Balaban J connectivity index is 5.73. The first-order valence-electron chi connectivity index (χ1n) is 3.27. The summed E-state index contributed by atoms with van der Waals surface area (Å²) in [4.78, 5) is 0. The first-order chi connectivity index (χ1) is 7.00. The number of alkyl halides is 12. The predicted molar refractivity (Wildman–Crippen MR) is 45.9 cm³/mol. The zero-order valence-corrected chi connectivity index (χ0v) is 10.1. The normalized spacial score (nSPS) is 24.7. The van der Waals surface area contributed by atoms with Crippen molar-refractivity contribution in [3.05, 3.63) is 0 Å². The molecule has 104 valence electrons. The Morgan fingerprint density at radius 2 is 0.765 bits per heavy atom. The van der Waals surface area contributed by atoms with E-state index < -0.39 is 26.9 Å². The Bertz CT molecular complexity index is 261. The van der Waals surface area contributed by atoms with Gasteiger partial charge in [0.25, 0.3) is 5.13 Å². The zero-order valence-electron chi connectivity index (χ0n) is 7.04. The number of hydrogen-bond acceptors (Lipinski definition) is 0. The molecule has 0 radical (unpaired) electrons. The van der Waals surface area contributed by atoms with Gasteiger partial charge in [0, 0.05) is 0 Å². The fraction of sp³-hybridized carbons (Fsp3) is 1.00. The molecule has 0 fully saturated rings. The molecule has 0 N–H and O–H groups in total. The summed E-state index contributed by atoms with van der Waals surface area (Å²) in [6, 6.07) is 0. The van der Waals surface area contributed by atoms with Crippen LogP contribution in [0.3, 0.4) is 0 Å². The van der Waals surface area contributed by atoms with Gasteiger partial charge in [-0.1, -0.05) is 34.8 Å². The van der Waals surface area contributed by atoms with Crippen molar-refractivity contribution in [1.82, 2.24) is 0 Å². The molecule has 17 heavy (non-hydrogen) atoms. The van der Waals surface area contributed by atoms with Gasteiger partial charge in [-0.25, -0.2) is 13.2 Å². The average molecular weight is 354 g/mol. The van der Waals surface area contributed by atoms with Crippen LogP contribution in [0.15, 0.2) is 0 Å². The molecule has 0 rings (SSSR count). The summed E-state index contributed by atoms with van der Waals surface area (Å²) in [5.74, 6) is 0. The lowest BCUT2D eigenvalue weighted by Gasteiger charge is -2.38. The highest BCUT2D eigenvalue weighted by molar-refractivity contribution is 6.42. The highest BCUT2D eigenvalue weighted by atomic mass is 35.5. The maximum atomic E-state index is 13.1. The van der Waals surface area contributed by atoms with Crippen LogP contribution in [0.5, 0.6) is 0 Å². The van der Waals surface area contributed by atoms with E-state index in [0.717, 1.165) is 0 Å². The van der Waals surface area contributed by atoms with Crippen LogP contribution in [0, 0.1) is 0 Å². The van der Waals surface area contributed by atoms with E-state index in [0.29, 0.717) is 0 Å². The lowest BCUT2D eigenvalue weighted by Crippen LogP contribution is -2.63. The van der Waals surface area contributed by atoms with E-state index in [9.17, 15) is 35.1 Å². The molecule has 0 heterocycles. The Morgan fingerprint density at radius 1 is 0.471 bits per heavy atom. The fourth-order valence-corrected chi connectivity index (χ4v) is 1.27. The minimum absolute atomic E-state index is 3.91. The minimum Gasteiger partial charge on any atom is -0.215 e. The van der Waals surface area contributed by atoms with E-state index in [4.69, 9.17) is 0 Å². The molecule has 0 saturated carbocycles. The number of halogens is 12. The van der Waals surface area contributed by atoms with Crippen LogP contribution in [0.25, 0.3) is 0 Å². The van der Waals surface area contributed by atoms with Gasteiger partial charge in [-0.05, 0) is 11.6 Å². The van der Waals surface area contributed by atoms with Gasteiger partial charge in [-0.2, -0.15) is 22.0 Å². The third kappa shape index (κ3) is 2.64. The van der Waals surface area contributed by atoms with Gasteiger partial charge in [-0.3, -0.25) is 0 Å². The largest absolute Gasteiger partial charge is 0.441 e. The Hall–Kier alpha value is 0.600.